The zero-order chi connectivity index (χ0) is 19.1. The fourth-order valence-corrected chi connectivity index (χ4v) is 3.51. The van der Waals surface area contributed by atoms with E-state index in [1.807, 2.05) is 25.1 Å². The first-order chi connectivity index (χ1) is 12.4. The number of hydrogen-bond donors (Lipinski definition) is 2. The van der Waals surface area contributed by atoms with Crippen molar-refractivity contribution in [2.24, 2.45) is 0 Å². The molecular formula is C20H25ClIN3O. The summed E-state index contributed by atoms with van der Waals surface area (Å²) in [6.07, 6.45) is 0. The molecule has 0 heterocycles. The van der Waals surface area contributed by atoms with Gasteiger partial charge in [0.25, 0.3) is 5.91 Å². The molecule has 2 aromatic rings. The Balaban J connectivity index is 2.15. The third kappa shape index (κ3) is 5.86. The van der Waals surface area contributed by atoms with Crippen LogP contribution in [0.5, 0.6) is 0 Å². The van der Waals surface area contributed by atoms with Crippen LogP contribution in [0.3, 0.4) is 0 Å². The maximum absolute atomic E-state index is 12.7. The van der Waals surface area contributed by atoms with E-state index in [1.54, 1.807) is 12.1 Å². The zero-order valence-electron chi connectivity index (χ0n) is 15.4. The SMILES string of the molecule is CCN(CC)CCNC(=O)c1cc(Cl)ccc1Nc1ccc(I)cc1C. The minimum Gasteiger partial charge on any atom is -0.355 e. The van der Waals surface area contributed by atoms with E-state index < -0.39 is 0 Å². The molecule has 0 spiro atoms. The van der Waals surface area contributed by atoms with Gasteiger partial charge in [-0.2, -0.15) is 0 Å². The van der Waals surface area contributed by atoms with E-state index >= 15 is 0 Å². The fraction of sp³-hybridized carbons (Fsp3) is 0.350. The lowest BCUT2D eigenvalue weighted by atomic mass is 10.1. The molecule has 0 aliphatic heterocycles. The molecule has 0 atom stereocenters. The molecular weight excluding hydrogens is 461 g/mol. The smallest absolute Gasteiger partial charge is 0.253 e. The van der Waals surface area contributed by atoms with Gasteiger partial charge < -0.3 is 15.5 Å². The average Bonchev–Trinajstić information content (AvgIpc) is 2.62. The minimum atomic E-state index is -0.120. The third-order valence-corrected chi connectivity index (χ3v) is 5.20. The normalized spacial score (nSPS) is 10.8. The summed E-state index contributed by atoms with van der Waals surface area (Å²) < 4.78 is 1.18. The Morgan fingerprint density at radius 3 is 2.46 bits per heavy atom. The van der Waals surface area contributed by atoms with Crippen molar-refractivity contribution in [3.8, 4) is 0 Å². The Morgan fingerprint density at radius 1 is 1.12 bits per heavy atom. The number of aryl methyl sites for hydroxylation is 1. The number of nitrogens with zero attached hydrogens (tertiary/aromatic N) is 1. The van der Waals surface area contributed by atoms with Gasteiger partial charge in [-0.15, -0.1) is 0 Å². The summed E-state index contributed by atoms with van der Waals surface area (Å²) in [4.78, 5) is 14.9. The lowest BCUT2D eigenvalue weighted by Gasteiger charge is -2.19. The van der Waals surface area contributed by atoms with Crippen molar-refractivity contribution in [2.75, 3.05) is 31.5 Å². The molecule has 0 radical (unpaired) electrons. The van der Waals surface area contributed by atoms with Crippen LogP contribution in [0.4, 0.5) is 11.4 Å². The van der Waals surface area contributed by atoms with Crippen LogP contribution in [-0.2, 0) is 0 Å². The molecule has 1 amide bonds. The molecule has 0 aliphatic rings. The third-order valence-electron chi connectivity index (χ3n) is 4.29. The Hall–Kier alpha value is -1.31. The monoisotopic (exact) mass is 485 g/mol. The molecule has 0 saturated carbocycles. The Kier molecular flexibility index (Phi) is 8.18. The quantitative estimate of drug-likeness (QED) is 0.513. The van der Waals surface area contributed by atoms with Gasteiger partial charge in [0.05, 0.1) is 11.3 Å². The molecule has 2 N–H and O–H groups in total. The van der Waals surface area contributed by atoms with E-state index in [1.165, 1.54) is 3.57 Å². The second-order valence-electron chi connectivity index (χ2n) is 6.06. The van der Waals surface area contributed by atoms with E-state index in [9.17, 15) is 4.79 Å². The topological polar surface area (TPSA) is 44.4 Å². The number of benzene rings is 2. The maximum Gasteiger partial charge on any atom is 0.253 e. The highest BCUT2D eigenvalue weighted by molar-refractivity contribution is 14.1. The largest absolute Gasteiger partial charge is 0.355 e. The van der Waals surface area contributed by atoms with Crippen molar-refractivity contribution >= 4 is 51.5 Å². The van der Waals surface area contributed by atoms with Gasteiger partial charge in [-0.3, -0.25) is 4.79 Å². The van der Waals surface area contributed by atoms with Crippen LogP contribution in [0.2, 0.25) is 5.02 Å². The van der Waals surface area contributed by atoms with Crippen molar-refractivity contribution < 1.29 is 4.79 Å². The maximum atomic E-state index is 12.7. The van der Waals surface area contributed by atoms with E-state index in [0.717, 1.165) is 36.6 Å². The van der Waals surface area contributed by atoms with Crippen LogP contribution in [0.25, 0.3) is 0 Å². The van der Waals surface area contributed by atoms with Gasteiger partial charge in [0, 0.05) is 27.4 Å². The second-order valence-corrected chi connectivity index (χ2v) is 7.74. The molecule has 0 saturated heterocycles. The summed E-state index contributed by atoms with van der Waals surface area (Å²) in [6, 6.07) is 11.5. The van der Waals surface area contributed by atoms with Crippen molar-refractivity contribution in [3.05, 3.63) is 56.1 Å². The minimum absolute atomic E-state index is 0.120. The molecule has 0 bridgehead atoms. The van der Waals surface area contributed by atoms with Gasteiger partial charge in [0.15, 0.2) is 0 Å². The van der Waals surface area contributed by atoms with Crippen molar-refractivity contribution in [2.45, 2.75) is 20.8 Å². The molecule has 6 heteroatoms. The predicted octanol–water partition coefficient (Wildman–Crippen LogP) is 5.07. The number of carbonyl (C=O) groups is 1. The molecule has 140 valence electrons. The van der Waals surface area contributed by atoms with Gasteiger partial charge in [-0.1, -0.05) is 25.4 Å². The summed E-state index contributed by atoms with van der Waals surface area (Å²) in [5.41, 5.74) is 3.40. The van der Waals surface area contributed by atoms with Gasteiger partial charge in [-0.25, -0.2) is 0 Å². The second kappa shape index (κ2) is 10.1. The molecule has 2 aromatic carbocycles. The van der Waals surface area contributed by atoms with Crippen molar-refractivity contribution in [1.29, 1.82) is 0 Å². The van der Waals surface area contributed by atoms with Crippen LogP contribution in [0, 0.1) is 10.5 Å². The number of anilines is 2. The highest BCUT2D eigenvalue weighted by Crippen LogP contribution is 2.27. The highest BCUT2D eigenvalue weighted by atomic mass is 127. The van der Waals surface area contributed by atoms with Crippen LogP contribution >= 0.6 is 34.2 Å². The van der Waals surface area contributed by atoms with Gasteiger partial charge in [0.1, 0.15) is 0 Å². The molecule has 0 aliphatic carbocycles. The lowest BCUT2D eigenvalue weighted by Crippen LogP contribution is -2.35. The summed E-state index contributed by atoms with van der Waals surface area (Å²) in [5, 5.41) is 6.90. The molecule has 26 heavy (non-hydrogen) atoms. The van der Waals surface area contributed by atoms with Crippen molar-refractivity contribution in [1.82, 2.24) is 10.2 Å². The number of amides is 1. The summed E-state index contributed by atoms with van der Waals surface area (Å²) in [6.45, 7) is 9.67. The average molecular weight is 486 g/mol. The first-order valence-corrected chi connectivity index (χ1v) is 10.2. The standard InChI is InChI=1S/C20H25ClIN3O/c1-4-25(5-2)11-10-23-20(26)17-13-15(21)6-8-19(17)24-18-9-7-16(22)12-14(18)3/h6-9,12-13,24H,4-5,10-11H2,1-3H3,(H,23,26). The number of halogens is 2. The molecule has 0 aromatic heterocycles. The van der Waals surface area contributed by atoms with Gasteiger partial charge in [-0.05, 0) is 84.6 Å². The first kappa shape index (κ1) is 21.0. The number of rotatable bonds is 8. The highest BCUT2D eigenvalue weighted by Gasteiger charge is 2.13. The first-order valence-electron chi connectivity index (χ1n) is 8.77. The van der Waals surface area contributed by atoms with Crippen LogP contribution in [0.1, 0.15) is 29.8 Å². The Bertz CT molecular complexity index is 763. The number of nitrogens with one attached hydrogen (secondary N) is 2. The van der Waals surface area contributed by atoms with Crippen LogP contribution < -0.4 is 10.6 Å². The van der Waals surface area contributed by atoms with Crippen LogP contribution in [-0.4, -0.2) is 37.0 Å². The van der Waals surface area contributed by atoms with E-state index in [0.29, 0.717) is 17.1 Å². The summed E-state index contributed by atoms with van der Waals surface area (Å²) in [7, 11) is 0. The van der Waals surface area contributed by atoms with E-state index in [-0.39, 0.29) is 5.91 Å². The van der Waals surface area contributed by atoms with Gasteiger partial charge in [0.2, 0.25) is 0 Å². The van der Waals surface area contributed by atoms with Gasteiger partial charge >= 0.3 is 0 Å². The van der Waals surface area contributed by atoms with Crippen molar-refractivity contribution in [3.63, 3.8) is 0 Å². The molecule has 0 fully saturated rings. The zero-order valence-corrected chi connectivity index (χ0v) is 18.3. The number of likely N-dealkylation sites (N-methyl/N-ethyl adjacent to an activating group) is 1. The molecule has 2 rings (SSSR count). The lowest BCUT2D eigenvalue weighted by molar-refractivity contribution is 0.0949. The van der Waals surface area contributed by atoms with E-state index in [4.69, 9.17) is 11.6 Å². The van der Waals surface area contributed by atoms with E-state index in [2.05, 4.69) is 58.0 Å². The number of carbonyl (C=O) groups excluding carboxylic acids is 1. The molecule has 4 nitrogen and oxygen atoms in total. The Labute approximate surface area is 174 Å². The summed E-state index contributed by atoms with van der Waals surface area (Å²) in [5.74, 6) is -0.120. The Morgan fingerprint density at radius 2 is 1.81 bits per heavy atom. The fourth-order valence-electron chi connectivity index (χ4n) is 2.69. The predicted molar refractivity (Wildman–Crippen MR) is 119 cm³/mol. The summed E-state index contributed by atoms with van der Waals surface area (Å²) >= 11 is 8.42. The van der Waals surface area contributed by atoms with Crippen LogP contribution in [0.15, 0.2) is 36.4 Å². The molecule has 0 unspecified atom stereocenters. The number of hydrogen-bond acceptors (Lipinski definition) is 3.